The normalized spacial score (nSPS) is 14.4. The third-order valence-corrected chi connectivity index (χ3v) is 2.39. The Balaban J connectivity index is 2.51. The van der Waals surface area contributed by atoms with Gasteiger partial charge in [0.2, 0.25) is 0 Å². The predicted octanol–water partition coefficient (Wildman–Crippen LogP) is 2.81. The quantitative estimate of drug-likeness (QED) is 0.737. The largest absolute Gasteiger partial charge is 0.362 e. The average Bonchev–Trinajstić information content (AvgIpc) is 2.66. The van der Waals surface area contributed by atoms with Crippen molar-refractivity contribution >= 4 is 6.08 Å². The van der Waals surface area contributed by atoms with Gasteiger partial charge < -0.3 is 10.3 Å². The van der Waals surface area contributed by atoms with Crippen LogP contribution in [-0.4, -0.2) is 17.6 Å². The van der Waals surface area contributed by atoms with Crippen LogP contribution in [0.4, 0.5) is 0 Å². The molecule has 0 aliphatic carbocycles. The van der Waals surface area contributed by atoms with E-state index in [1.54, 1.807) is 0 Å². The molecular weight excluding hydrogens is 172 g/mol. The molecule has 78 valence electrons. The molecule has 0 saturated carbocycles. The number of hydrogen-bond donors (Lipinski definition) is 2. The van der Waals surface area contributed by atoms with Crippen LogP contribution in [0, 0.1) is 0 Å². The number of aromatic nitrogens is 1. The molecule has 2 heteroatoms. The van der Waals surface area contributed by atoms with Crippen LogP contribution in [0.25, 0.3) is 6.08 Å². The summed E-state index contributed by atoms with van der Waals surface area (Å²) in [5.74, 6) is 0. The fourth-order valence-corrected chi connectivity index (χ4v) is 1.33. The Morgan fingerprint density at radius 3 is 3.00 bits per heavy atom. The first-order chi connectivity index (χ1) is 6.74. The second-order valence-corrected chi connectivity index (χ2v) is 3.69. The van der Waals surface area contributed by atoms with E-state index < -0.39 is 0 Å². The van der Waals surface area contributed by atoms with Gasteiger partial charge in [-0.05, 0) is 45.0 Å². The second kappa shape index (κ2) is 5.66. The molecule has 1 unspecified atom stereocenters. The lowest BCUT2D eigenvalue weighted by atomic mass is 10.1. The maximum absolute atomic E-state index is 3.46. The summed E-state index contributed by atoms with van der Waals surface area (Å²) in [5.41, 5.74) is 2.54. The van der Waals surface area contributed by atoms with E-state index in [2.05, 4.69) is 43.2 Å². The molecule has 1 rings (SSSR count). The van der Waals surface area contributed by atoms with Crippen molar-refractivity contribution in [1.29, 1.82) is 0 Å². The molecule has 0 saturated heterocycles. The van der Waals surface area contributed by atoms with Crippen molar-refractivity contribution < 1.29 is 0 Å². The molecule has 0 fully saturated rings. The van der Waals surface area contributed by atoms with Gasteiger partial charge in [0.15, 0.2) is 0 Å². The van der Waals surface area contributed by atoms with Gasteiger partial charge in [-0.15, -0.1) is 0 Å². The summed E-state index contributed by atoms with van der Waals surface area (Å²) in [5, 5.41) is 3.46. The summed E-state index contributed by atoms with van der Waals surface area (Å²) in [6, 6.07) is 4.55. The van der Waals surface area contributed by atoms with Crippen molar-refractivity contribution in [3.63, 3.8) is 0 Å². The number of hydrogen-bond acceptors (Lipinski definition) is 1. The molecule has 2 nitrogen and oxygen atoms in total. The second-order valence-electron chi connectivity index (χ2n) is 3.69. The molecule has 0 aliphatic rings. The van der Waals surface area contributed by atoms with E-state index in [1.807, 2.05) is 12.3 Å². The van der Waals surface area contributed by atoms with Crippen molar-refractivity contribution in [2.45, 2.75) is 33.2 Å². The van der Waals surface area contributed by atoms with Crippen molar-refractivity contribution in [1.82, 2.24) is 10.3 Å². The summed E-state index contributed by atoms with van der Waals surface area (Å²) >= 11 is 0. The van der Waals surface area contributed by atoms with E-state index in [0.717, 1.165) is 6.54 Å². The minimum absolute atomic E-state index is 0.457. The predicted molar refractivity (Wildman–Crippen MR) is 62.2 cm³/mol. The molecular formula is C12H20N2. The Bertz CT molecular complexity index is 273. The van der Waals surface area contributed by atoms with Crippen molar-refractivity contribution in [2.75, 3.05) is 6.54 Å². The van der Waals surface area contributed by atoms with Crippen LogP contribution in [0.2, 0.25) is 0 Å². The highest BCUT2D eigenvalue weighted by molar-refractivity contribution is 5.49. The monoisotopic (exact) mass is 192 g/mol. The molecule has 1 atom stereocenters. The standard InChI is InChI=1S/C12H20N2/c1-4-7-13-11(3)10(2)9-12-6-5-8-14-12/h5-6,8-9,11,13-14H,4,7H2,1-3H3/b10-9+. The number of H-pyrrole nitrogens is 1. The minimum atomic E-state index is 0.457. The molecule has 2 N–H and O–H groups in total. The molecule has 1 heterocycles. The minimum Gasteiger partial charge on any atom is -0.362 e. The van der Waals surface area contributed by atoms with Gasteiger partial charge in [0, 0.05) is 17.9 Å². The summed E-state index contributed by atoms with van der Waals surface area (Å²) in [4.78, 5) is 3.17. The van der Waals surface area contributed by atoms with Gasteiger partial charge in [-0.1, -0.05) is 12.5 Å². The molecule has 14 heavy (non-hydrogen) atoms. The maximum atomic E-state index is 3.46. The topological polar surface area (TPSA) is 27.8 Å². The van der Waals surface area contributed by atoms with Crippen LogP contribution >= 0.6 is 0 Å². The van der Waals surface area contributed by atoms with E-state index in [-0.39, 0.29) is 0 Å². The average molecular weight is 192 g/mol. The number of nitrogens with one attached hydrogen (secondary N) is 2. The SMILES string of the molecule is CCCNC(C)/C(C)=C/c1ccc[nH]1. The first-order valence-corrected chi connectivity index (χ1v) is 5.29. The van der Waals surface area contributed by atoms with Crippen LogP contribution < -0.4 is 5.32 Å². The Labute approximate surface area is 86.4 Å². The van der Waals surface area contributed by atoms with E-state index in [4.69, 9.17) is 0 Å². The van der Waals surface area contributed by atoms with E-state index in [0.29, 0.717) is 6.04 Å². The molecule has 0 spiro atoms. The van der Waals surface area contributed by atoms with Gasteiger partial charge in [0.05, 0.1) is 0 Å². The van der Waals surface area contributed by atoms with Crippen LogP contribution in [0.15, 0.2) is 23.9 Å². The zero-order chi connectivity index (χ0) is 10.4. The zero-order valence-corrected chi connectivity index (χ0v) is 9.30. The van der Waals surface area contributed by atoms with E-state index in [9.17, 15) is 0 Å². The Morgan fingerprint density at radius 2 is 2.43 bits per heavy atom. The third-order valence-electron chi connectivity index (χ3n) is 2.39. The lowest BCUT2D eigenvalue weighted by Crippen LogP contribution is -2.27. The summed E-state index contributed by atoms with van der Waals surface area (Å²) in [6.45, 7) is 7.62. The van der Waals surface area contributed by atoms with Crippen molar-refractivity contribution in [2.24, 2.45) is 0 Å². The van der Waals surface area contributed by atoms with Gasteiger partial charge in [-0.2, -0.15) is 0 Å². The van der Waals surface area contributed by atoms with Gasteiger partial charge in [-0.25, -0.2) is 0 Å². The van der Waals surface area contributed by atoms with Crippen LogP contribution in [0.3, 0.4) is 0 Å². The molecule has 0 aliphatic heterocycles. The highest BCUT2D eigenvalue weighted by Crippen LogP contribution is 2.07. The highest BCUT2D eigenvalue weighted by atomic mass is 14.9. The molecule has 0 amide bonds. The molecule has 0 bridgehead atoms. The maximum Gasteiger partial charge on any atom is 0.0380 e. The first-order valence-electron chi connectivity index (χ1n) is 5.29. The van der Waals surface area contributed by atoms with Crippen LogP contribution in [0.1, 0.15) is 32.9 Å². The van der Waals surface area contributed by atoms with Crippen molar-refractivity contribution in [3.05, 3.63) is 29.6 Å². The fraction of sp³-hybridized carbons (Fsp3) is 0.500. The van der Waals surface area contributed by atoms with E-state index in [1.165, 1.54) is 17.7 Å². The van der Waals surface area contributed by atoms with E-state index >= 15 is 0 Å². The van der Waals surface area contributed by atoms with Gasteiger partial charge in [0.1, 0.15) is 0 Å². The summed E-state index contributed by atoms with van der Waals surface area (Å²) in [6.07, 6.45) is 5.32. The third kappa shape index (κ3) is 3.38. The zero-order valence-electron chi connectivity index (χ0n) is 9.30. The van der Waals surface area contributed by atoms with Crippen molar-refractivity contribution in [3.8, 4) is 0 Å². The van der Waals surface area contributed by atoms with Crippen LogP contribution in [-0.2, 0) is 0 Å². The van der Waals surface area contributed by atoms with Gasteiger partial charge >= 0.3 is 0 Å². The first kappa shape index (κ1) is 11.1. The molecule has 0 aromatic carbocycles. The van der Waals surface area contributed by atoms with Gasteiger partial charge in [-0.3, -0.25) is 0 Å². The summed E-state index contributed by atoms with van der Waals surface area (Å²) < 4.78 is 0. The summed E-state index contributed by atoms with van der Waals surface area (Å²) in [7, 11) is 0. The molecule has 0 radical (unpaired) electrons. The smallest absolute Gasteiger partial charge is 0.0380 e. The molecule has 1 aromatic heterocycles. The fourth-order valence-electron chi connectivity index (χ4n) is 1.33. The Kier molecular flexibility index (Phi) is 4.47. The number of rotatable bonds is 5. The molecule has 1 aromatic rings. The number of aromatic amines is 1. The van der Waals surface area contributed by atoms with Crippen LogP contribution in [0.5, 0.6) is 0 Å². The lowest BCUT2D eigenvalue weighted by Gasteiger charge is -2.13. The Hall–Kier alpha value is -1.02. The Morgan fingerprint density at radius 1 is 1.64 bits per heavy atom. The lowest BCUT2D eigenvalue weighted by molar-refractivity contribution is 0.604. The highest BCUT2D eigenvalue weighted by Gasteiger charge is 2.02. The van der Waals surface area contributed by atoms with Gasteiger partial charge in [0.25, 0.3) is 0 Å².